The molecule has 0 spiro atoms. The fourth-order valence-corrected chi connectivity index (χ4v) is 1.33. The fourth-order valence-electron chi connectivity index (χ4n) is 1.33. The summed E-state index contributed by atoms with van der Waals surface area (Å²) in [7, 11) is 0. The topological polar surface area (TPSA) is 71.6 Å². The molecule has 17 heavy (non-hydrogen) atoms. The molecule has 0 bridgehead atoms. The van der Waals surface area contributed by atoms with Gasteiger partial charge in [0.2, 0.25) is 0 Å². The second kappa shape index (κ2) is 5.11. The van der Waals surface area contributed by atoms with Gasteiger partial charge in [0.1, 0.15) is 0 Å². The Morgan fingerprint density at radius 3 is 3.12 bits per heavy atom. The number of ether oxygens (including phenoxy) is 1. The van der Waals surface area contributed by atoms with Gasteiger partial charge in [-0.25, -0.2) is 15.7 Å². The molecule has 0 aromatic heterocycles. The highest BCUT2D eigenvalue weighted by Gasteiger charge is 2.10. The third-order valence-electron chi connectivity index (χ3n) is 2.06. The number of carbonyl (C=O) groups excluding carboxylic acids is 1. The summed E-state index contributed by atoms with van der Waals surface area (Å²) < 4.78 is 4.69. The van der Waals surface area contributed by atoms with Crippen molar-refractivity contribution >= 4 is 12.2 Å². The third-order valence-corrected chi connectivity index (χ3v) is 2.06. The molecule has 0 aliphatic carbocycles. The first kappa shape index (κ1) is 11.1. The Labute approximate surface area is 98.5 Å². The molecule has 6 nitrogen and oxygen atoms in total. The van der Waals surface area contributed by atoms with Crippen LogP contribution in [0, 0.1) is 0 Å². The van der Waals surface area contributed by atoms with Gasteiger partial charge in [-0.05, 0) is 19.1 Å². The number of hydrazine groups is 1. The van der Waals surface area contributed by atoms with E-state index in [1.165, 1.54) is 0 Å². The highest BCUT2D eigenvalue weighted by molar-refractivity contribution is 5.67. The van der Waals surface area contributed by atoms with Crippen molar-refractivity contribution in [2.75, 3.05) is 6.61 Å². The van der Waals surface area contributed by atoms with Gasteiger partial charge in [-0.15, -0.1) is 0 Å². The molecule has 1 aromatic carbocycles. The van der Waals surface area contributed by atoms with Crippen molar-refractivity contribution in [1.82, 2.24) is 16.3 Å². The largest absolute Gasteiger partial charge is 0.449 e. The second-order valence-electron chi connectivity index (χ2n) is 3.27. The van der Waals surface area contributed by atoms with Gasteiger partial charge in [0.15, 0.2) is 11.6 Å². The summed E-state index contributed by atoms with van der Waals surface area (Å²) >= 11 is 0. The first-order valence-electron chi connectivity index (χ1n) is 5.22. The molecular formula is C11H13N3O3. The summed E-state index contributed by atoms with van der Waals surface area (Å²) in [5.41, 5.74) is 8.58. The highest BCUT2D eigenvalue weighted by Crippen LogP contribution is 2.22. The van der Waals surface area contributed by atoms with E-state index in [4.69, 9.17) is 9.57 Å². The number of amides is 1. The maximum Gasteiger partial charge on any atom is 0.425 e. The standard InChI is InChI=1S/C11H13N3O3/c1-2-16-11(15)13-12-10-7-8-5-3-4-6-9(8)17-14-10/h3-7,12,14H,2H2,1H3,(H,13,15). The van der Waals surface area contributed by atoms with Crippen LogP contribution in [0.4, 0.5) is 4.79 Å². The van der Waals surface area contributed by atoms with Crippen molar-refractivity contribution in [3.8, 4) is 5.75 Å². The van der Waals surface area contributed by atoms with Gasteiger partial charge in [0, 0.05) is 5.56 Å². The number of hydroxylamine groups is 1. The van der Waals surface area contributed by atoms with Gasteiger partial charge < -0.3 is 9.57 Å². The van der Waals surface area contributed by atoms with E-state index in [0.717, 1.165) is 11.3 Å². The van der Waals surface area contributed by atoms with Gasteiger partial charge in [0.25, 0.3) is 0 Å². The van der Waals surface area contributed by atoms with Crippen LogP contribution in [0.25, 0.3) is 6.08 Å². The van der Waals surface area contributed by atoms with Crippen LogP contribution in [0.2, 0.25) is 0 Å². The predicted octanol–water partition coefficient (Wildman–Crippen LogP) is 1.13. The van der Waals surface area contributed by atoms with E-state index in [-0.39, 0.29) is 0 Å². The zero-order valence-corrected chi connectivity index (χ0v) is 9.32. The Balaban J connectivity index is 1.96. The van der Waals surface area contributed by atoms with E-state index >= 15 is 0 Å². The Bertz CT molecular complexity index is 445. The van der Waals surface area contributed by atoms with Crippen molar-refractivity contribution in [3.63, 3.8) is 0 Å². The molecule has 0 saturated carbocycles. The number of rotatable bonds is 3. The molecule has 90 valence electrons. The lowest BCUT2D eigenvalue weighted by atomic mass is 10.2. The first-order chi connectivity index (χ1) is 8.29. The van der Waals surface area contributed by atoms with Crippen LogP contribution in [0.1, 0.15) is 12.5 Å². The number of hydrogen-bond donors (Lipinski definition) is 3. The van der Waals surface area contributed by atoms with Crippen molar-refractivity contribution in [2.45, 2.75) is 6.92 Å². The van der Waals surface area contributed by atoms with E-state index in [2.05, 4.69) is 16.3 Å². The molecule has 3 N–H and O–H groups in total. The Morgan fingerprint density at radius 2 is 2.29 bits per heavy atom. The first-order valence-corrected chi connectivity index (χ1v) is 5.22. The molecule has 0 saturated heterocycles. The van der Waals surface area contributed by atoms with Gasteiger partial charge in [-0.1, -0.05) is 18.2 Å². The highest BCUT2D eigenvalue weighted by atomic mass is 16.7. The Hall–Kier alpha value is -2.37. The summed E-state index contributed by atoms with van der Waals surface area (Å²) in [6.45, 7) is 2.05. The van der Waals surface area contributed by atoms with Crippen LogP contribution in [0.15, 0.2) is 30.1 Å². The molecule has 0 atom stereocenters. The monoisotopic (exact) mass is 235 g/mol. The van der Waals surface area contributed by atoms with Crippen LogP contribution in [0.3, 0.4) is 0 Å². The van der Waals surface area contributed by atoms with E-state index in [0.29, 0.717) is 12.4 Å². The van der Waals surface area contributed by atoms with Crippen LogP contribution >= 0.6 is 0 Å². The van der Waals surface area contributed by atoms with Crippen molar-refractivity contribution < 1.29 is 14.4 Å². The molecule has 1 aliphatic rings. The average Bonchev–Trinajstić information content (AvgIpc) is 2.36. The average molecular weight is 235 g/mol. The number of fused-ring (bicyclic) bond motifs is 1. The minimum absolute atomic E-state index is 0.319. The molecule has 1 amide bonds. The molecule has 0 fully saturated rings. The van der Waals surface area contributed by atoms with Crippen LogP contribution < -0.4 is 21.2 Å². The van der Waals surface area contributed by atoms with E-state index < -0.39 is 6.09 Å². The van der Waals surface area contributed by atoms with Crippen LogP contribution in [-0.4, -0.2) is 12.7 Å². The van der Waals surface area contributed by atoms with Gasteiger partial charge in [-0.3, -0.25) is 5.43 Å². The number of para-hydroxylation sites is 1. The molecule has 1 aliphatic heterocycles. The number of carbonyl (C=O) groups is 1. The Kier molecular flexibility index (Phi) is 3.34. The number of nitrogens with one attached hydrogen (secondary N) is 3. The van der Waals surface area contributed by atoms with Crippen LogP contribution in [0.5, 0.6) is 5.75 Å². The molecule has 6 heteroatoms. The summed E-state index contributed by atoms with van der Waals surface area (Å²) in [5.74, 6) is 1.26. The van der Waals surface area contributed by atoms with E-state index in [1.54, 1.807) is 6.92 Å². The third kappa shape index (κ3) is 2.81. The minimum Gasteiger partial charge on any atom is -0.449 e. The molecular weight excluding hydrogens is 222 g/mol. The minimum atomic E-state index is -0.547. The molecule has 0 radical (unpaired) electrons. The SMILES string of the molecule is CCOC(=O)NNC1=Cc2ccccc2ON1. The Morgan fingerprint density at radius 1 is 1.47 bits per heavy atom. The summed E-state index contributed by atoms with van der Waals surface area (Å²) in [5, 5.41) is 0. The van der Waals surface area contributed by atoms with E-state index in [1.807, 2.05) is 30.3 Å². The van der Waals surface area contributed by atoms with Crippen LogP contribution in [-0.2, 0) is 4.74 Å². The summed E-state index contributed by atoms with van der Waals surface area (Å²) in [6.07, 6.45) is 1.26. The molecule has 0 unspecified atom stereocenters. The molecule has 1 heterocycles. The van der Waals surface area contributed by atoms with E-state index in [9.17, 15) is 4.79 Å². The molecule has 2 rings (SSSR count). The maximum atomic E-state index is 11.0. The summed E-state index contributed by atoms with van der Waals surface area (Å²) in [6, 6.07) is 7.53. The lowest BCUT2D eigenvalue weighted by Crippen LogP contribution is -2.43. The van der Waals surface area contributed by atoms with Gasteiger partial charge in [-0.2, -0.15) is 0 Å². The smallest absolute Gasteiger partial charge is 0.425 e. The normalized spacial score (nSPS) is 12.4. The summed E-state index contributed by atoms with van der Waals surface area (Å²) in [4.78, 5) is 16.3. The molecule has 1 aromatic rings. The lowest BCUT2D eigenvalue weighted by molar-refractivity contribution is 0.145. The maximum absolute atomic E-state index is 11.0. The fraction of sp³-hybridized carbons (Fsp3) is 0.182. The van der Waals surface area contributed by atoms with Crippen molar-refractivity contribution in [2.24, 2.45) is 0 Å². The van der Waals surface area contributed by atoms with Gasteiger partial charge in [0.05, 0.1) is 6.61 Å². The van der Waals surface area contributed by atoms with Crippen molar-refractivity contribution in [1.29, 1.82) is 0 Å². The van der Waals surface area contributed by atoms with Crippen molar-refractivity contribution in [3.05, 3.63) is 35.6 Å². The lowest BCUT2D eigenvalue weighted by Gasteiger charge is -2.19. The van der Waals surface area contributed by atoms with Gasteiger partial charge >= 0.3 is 6.09 Å². The number of hydrogen-bond acceptors (Lipinski definition) is 5. The number of benzene rings is 1. The zero-order valence-electron chi connectivity index (χ0n) is 9.32. The second-order valence-corrected chi connectivity index (χ2v) is 3.27. The quantitative estimate of drug-likeness (QED) is 0.685. The zero-order chi connectivity index (χ0) is 12.1. The predicted molar refractivity (Wildman–Crippen MR) is 61.5 cm³/mol.